The minimum absolute atomic E-state index is 0.0308. The monoisotopic (exact) mass is 282 g/mol. The van der Waals surface area contributed by atoms with Crippen molar-refractivity contribution >= 4 is 12.0 Å². The van der Waals surface area contributed by atoms with Gasteiger partial charge in [0, 0.05) is 6.54 Å². The predicted octanol–water partition coefficient (Wildman–Crippen LogP) is 2.65. The Morgan fingerprint density at radius 3 is 2.35 bits per heavy atom. The molecule has 0 saturated heterocycles. The highest BCUT2D eigenvalue weighted by Crippen LogP contribution is 2.34. The Morgan fingerprint density at radius 1 is 1.10 bits per heavy atom. The topological polar surface area (TPSA) is 78.4 Å². The molecule has 0 unspecified atom stereocenters. The van der Waals surface area contributed by atoms with Crippen LogP contribution in [0.5, 0.6) is 0 Å². The van der Waals surface area contributed by atoms with Crippen LogP contribution < -0.4 is 10.6 Å². The van der Waals surface area contributed by atoms with Gasteiger partial charge in [0.05, 0.1) is 12.0 Å². The van der Waals surface area contributed by atoms with E-state index in [2.05, 4.69) is 10.6 Å². The summed E-state index contributed by atoms with van der Waals surface area (Å²) in [6, 6.07) is -0.207. The van der Waals surface area contributed by atoms with Gasteiger partial charge in [-0.2, -0.15) is 0 Å². The van der Waals surface area contributed by atoms with E-state index in [-0.39, 0.29) is 12.5 Å². The summed E-state index contributed by atoms with van der Waals surface area (Å²) < 4.78 is 0. The van der Waals surface area contributed by atoms with Gasteiger partial charge in [-0.1, -0.05) is 32.1 Å². The fourth-order valence-corrected chi connectivity index (χ4v) is 3.39. The number of carbonyl (C=O) groups excluding carboxylic acids is 1. The van der Waals surface area contributed by atoms with Gasteiger partial charge >= 0.3 is 12.0 Å². The van der Waals surface area contributed by atoms with Gasteiger partial charge in [0.25, 0.3) is 0 Å². The Balaban J connectivity index is 1.65. The van der Waals surface area contributed by atoms with Gasteiger partial charge in [-0.3, -0.25) is 4.79 Å². The van der Waals surface area contributed by atoms with Crippen molar-refractivity contribution in [1.29, 1.82) is 0 Å². The lowest BCUT2D eigenvalue weighted by Crippen LogP contribution is -2.57. The molecule has 5 heteroatoms. The second-order valence-corrected chi connectivity index (χ2v) is 6.38. The van der Waals surface area contributed by atoms with Gasteiger partial charge in [-0.25, -0.2) is 4.79 Å². The fraction of sp³-hybridized carbons (Fsp3) is 0.867. The maximum atomic E-state index is 11.9. The molecule has 0 spiro atoms. The number of carbonyl (C=O) groups is 2. The van der Waals surface area contributed by atoms with E-state index in [1.54, 1.807) is 0 Å². The zero-order chi connectivity index (χ0) is 14.4. The Kier molecular flexibility index (Phi) is 5.26. The first-order valence-corrected chi connectivity index (χ1v) is 7.87. The summed E-state index contributed by atoms with van der Waals surface area (Å²) >= 11 is 0. The first kappa shape index (κ1) is 15.1. The summed E-state index contributed by atoms with van der Waals surface area (Å²) in [5.41, 5.74) is -0.499. The van der Waals surface area contributed by atoms with Gasteiger partial charge in [0.2, 0.25) is 0 Å². The second-order valence-electron chi connectivity index (χ2n) is 6.38. The second kappa shape index (κ2) is 6.95. The SMILES string of the molecule is O=C(O)CC1(NC(=O)NCCC2CCCCC2)CCC1. The third-order valence-electron chi connectivity index (χ3n) is 4.74. The molecule has 2 aliphatic rings. The highest BCUT2D eigenvalue weighted by atomic mass is 16.4. The highest BCUT2D eigenvalue weighted by Gasteiger charge is 2.40. The van der Waals surface area contributed by atoms with E-state index in [1.807, 2.05) is 0 Å². The smallest absolute Gasteiger partial charge is 0.315 e. The maximum absolute atomic E-state index is 11.9. The molecule has 114 valence electrons. The Hall–Kier alpha value is -1.26. The van der Waals surface area contributed by atoms with Gasteiger partial charge < -0.3 is 15.7 Å². The number of nitrogens with one attached hydrogen (secondary N) is 2. The lowest BCUT2D eigenvalue weighted by atomic mass is 9.74. The average Bonchev–Trinajstić information content (AvgIpc) is 2.37. The zero-order valence-corrected chi connectivity index (χ0v) is 12.1. The molecule has 0 radical (unpaired) electrons. The molecule has 0 heterocycles. The number of aliphatic carboxylic acids is 1. The first-order chi connectivity index (χ1) is 9.60. The molecule has 0 atom stereocenters. The Bertz CT molecular complexity index is 347. The number of hydrogen-bond acceptors (Lipinski definition) is 2. The van der Waals surface area contributed by atoms with E-state index in [4.69, 9.17) is 5.11 Å². The maximum Gasteiger partial charge on any atom is 0.315 e. The number of amides is 2. The van der Waals surface area contributed by atoms with Crippen LogP contribution in [0.2, 0.25) is 0 Å². The third-order valence-corrected chi connectivity index (χ3v) is 4.74. The molecule has 2 rings (SSSR count). The molecule has 0 bridgehead atoms. The number of hydrogen-bond donors (Lipinski definition) is 3. The lowest BCUT2D eigenvalue weighted by molar-refractivity contribution is -0.139. The number of urea groups is 1. The Morgan fingerprint density at radius 2 is 1.80 bits per heavy atom. The van der Waals surface area contributed by atoms with E-state index in [0.29, 0.717) is 6.54 Å². The van der Waals surface area contributed by atoms with Crippen molar-refractivity contribution in [2.75, 3.05) is 6.54 Å². The lowest BCUT2D eigenvalue weighted by Gasteiger charge is -2.41. The van der Waals surface area contributed by atoms with Crippen molar-refractivity contribution in [1.82, 2.24) is 10.6 Å². The van der Waals surface area contributed by atoms with Crippen molar-refractivity contribution in [3.63, 3.8) is 0 Å². The van der Waals surface area contributed by atoms with Crippen LogP contribution in [0.3, 0.4) is 0 Å². The third kappa shape index (κ3) is 4.39. The molecule has 2 fully saturated rings. The molecule has 0 aromatic carbocycles. The largest absolute Gasteiger partial charge is 0.481 e. The number of carboxylic acid groups (broad SMARTS) is 1. The van der Waals surface area contributed by atoms with Gasteiger partial charge in [0.15, 0.2) is 0 Å². The number of carboxylic acids is 1. The van der Waals surface area contributed by atoms with Crippen LogP contribution in [0, 0.1) is 5.92 Å². The summed E-state index contributed by atoms with van der Waals surface area (Å²) in [5, 5.41) is 14.7. The molecule has 0 aliphatic heterocycles. The molecular weight excluding hydrogens is 256 g/mol. The van der Waals surface area contributed by atoms with Crippen molar-refractivity contribution in [2.24, 2.45) is 5.92 Å². The normalized spacial score (nSPS) is 21.8. The molecule has 3 N–H and O–H groups in total. The molecule has 2 aliphatic carbocycles. The Labute approximate surface area is 120 Å². The van der Waals surface area contributed by atoms with Crippen molar-refractivity contribution in [3.05, 3.63) is 0 Å². The fourth-order valence-electron chi connectivity index (χ4n) is 3.39. The van der Waals surface area contributed by atoms with Crippen LogP contribution in [-0.2, 0) is 4.79 Å². The summed E-state index contributed by atoms with van der Waals surface area (Å²) in [6.07, 6.45) is 10.2. The molecule has 0 aromatic heterocycles. The van der Waals surface area contributed by atoms with Crippen LogP contribution in [0.1, 0.15) is 64.2 Å². The highest BCUT2D eigenvalue weighted by molar-refractivity contribution is 5.77. The van der Waals surface area contributed by atoms with Crippen LogP contribution in [-0.4, -0.2) is 29.2 Å². The van der Waals surface area contributed by atoms with Crippen molar-refractivity contribution in [3.8, 4) is 0 Å². The first-order valence-electron chi connectivity index (χ1n) is 7.87. The summed E-state index contributed by atoms with van der Waals surface area (Å²) in [5.74, 6) is -0.0899. The molecule has 2 saturated carbocycles. The van der Waals surface area contributed by atoms with E-state index in [9.17, 15) is 9.59 Å². The predicted molar refractivity (Wildman–Crippen MR) is 76.6 cm³/mol. The van der Waals surface area contributed by atoms with E-state index >= 15 is 0 Å². The van der Waals surface area contributed by atoms with Crippen LogP contribution in [0.15, 0.2) is 0 Å². The van der Waals surface area contributed by atoms with Crippen LogP contribution >= 0.6 is 0 Å². The average molecular weight is 282 g/mol. The minimum atomic E-state index is -0.841. The van der Waals surface area contributed by atoms with E-state index < -0.39 is 11.5 Å². The van der Waals surface area contributed by atoms with Crippen LogP contribution in [0.4, 0.5) is 4.79 Å². The summed E-state index contributed by atoms with van der Waals surface area (Å²) in [6.45, 7) is 0.694. The molecule has 20 heavy (non-hydrogen) atoms. The zero-order valence-electron chi connectivity index (χ0n) is 12.1. The van der Waals surface area contributed by atoms with Crippen molar-refractivity contribution < 1.29 is 14.7 Å². The summed E-state index contributed by atoms with van der Waals surface area (Å²) in [4.78, 5) is 22.7. The molecule has 2 amide bonds. The molecular formula is C15H26N2O3. The van der Waals surface area contributed by atoms with E-state index in [0.717, 1.165) is 31.6 Å². The summed E-state index contributed by atoms with van der Waals surface area (Å²) in [7, 11) is 0. The standard InChI is InChI=1S/C15H26N2O3/c18-13(19)11-15(8-4-9-15)17-14(20)16-10-7-12-5-2-1-3-6-12/h12H,1-11H2,(H,18,19)(H2,16,17,20). The van der Waals surface area contributed by atoms with Gasteiger partial charge in [-0.05, 0) is 31.6 Å². The molecule has 0 aromatic rings. The van der Waals surface area contributed by atoms with E-state index in [1.165, 1.54) is 32.1 Å². The minimum Gasteiger partial charge on any atom is -0.481 e. The van der Waals surface area contributed by atoms with Gasteiger partial charge in [0.1, 0.15) is 0 Å². The quantitative estimate of drug-likeness (QED) is 0.700. The number of rotatable bonds is 6. The van der Waals surface area contributed by atoms with Crippen LogP contribution in [0.25, 0.3) is 0 Å². The van der Waals surface area contributed by atoms with Gasteiger partial charge in [-0.15, -0.1) is 0 Å². The van der Waals surface area contributed by atoms with Crippen molar-refractivity contribution in [2.45, 2.75) is 69.7 Å². The molecule has 5 nitrogen and oxygen atoms in total.